The van der Waals surface area contributed by atoms with E-state index in [-0.39, 0.29) is 238 Å². The number of hydrogen-bond donors (Lipinski definition) is 8. The highest BCUT2D eigenvalue weighted by Crippen LogP contribution is 2.35. The number of esters is 4. The molecule has 734 valence electrons. The van der Waals surface area contributed by atoms with Crippen molar-refractivity contribution in [1.82, 2.24) is 42.5 Å². The van der Waals surface area contributed by atoms with E-state index >= 15 is 0 Å². The second-order valence-corrected chi connectivity index (χ2v) is 34.8. The van der Waals surface area contributed by atoms with Gasteiger partial charge in [-0.3, -0.25) is 67.1 Å². The molecule has 0 saturated carbocycles. The number of amides is 8. The Morgan fingerprint density at radius 3 is 1.00 bits per heavy atom. The van der Waals surface area contributed by atoms with Crippen LogP contribution >= 0.6 is 0 Å². The molecule has 0 aromatic heterocycles. The van der Waals surface area contributed by atoms with E-state index in [9.17, 15) is 67.1 Å². The van der Waals surface area contributed by atoms with E-state index in [0.29, 0.717) is 116 Å². The summed E-state index contributed by atoms with van der Waals surface area (Å²) >= 11 is 0. The first kappa shape index (κ1) is 113. The van der Waals surface area contributed by atoms with Crippen LogP contribution in [0, 0.1) is 35.5 Å². The maximum Gasteiger partial charge on any atom is 0.306 e. The van der Waals surface area contributed by atoms with Crippen molar-refractivity contribution in [2.24, 2.45) is 35.5 Å². The van der Waals surface area contributed by atoms with Gasteiger partial charge in [-0.05, 0) is 125 Å². The number of carbonyl (C=O) groups is 14. The SMILES string of the molecule is CC(=O)NC1C(OCCCCC(=O)CCCCNC(=O)CCOCC(COCCC(=O)CCCCNC(=O)CCCCOC2OC(COC(C)=O)C(C)C(C)C2NC(C)=O)(COCCC(=O)NCCCNC(=O)CCCCOC2OC(COC(C)=O)C(C)C(C)C2NC(C)=O)NC(=O)CCCCCCCCCCC(=O)OCc2ccccc2)OC(COC(C)=O)C(C)C1C. The van der Waals surface area contributed by atoms with Crippen LogP contribution in [0.4, 0.5) is 0 Å². The van der Waals surface area contributed by atoms with Crippen LogP contribution in [0.1, 0.15) is 275 Å². The van der Waals surface area contributed by atoms with E-state index in [2.05, 4.69) is 42.5 Å². The van der Waals surface area contributed by atoms with Crippen molar-refractivity contribution in [2.45, 2.75) is 337 Å². The average Bonchev–Trinajstić information content (AvgIpc) is 0.814. The molecule has 3 aliphatic heterocycles. The fraction of sp³-hybridized carbons (Fsp3) is 0.787. The summed E-state index contributed by atoms with van der Waals surface area (Å²) in [6.45, 7) is 21.9. The summed E-state index contributed by atoms with van der Waals surface area (Å²) in [7, 11) is 0. The first-order valence-corrected chi connectivity index (χ1v) is 47.1. The molecule has 16 unspecified atom stereocenters. The van der Waals surface area contributed by atoms with E-state index in [1.165, 1.54) is 41.5 Å². The molecule has 8 amide bonds. The number of benzene rings is 1. The molecule has 0 radical (unpaired) electrons. The number of nitrogens with one attached hydrogen (secondary N) is 8. The Hall–Kier alpha value is -8.16. The van der Waals surface area contributed by atoms with Crippen molar-refractivity contribution < 1.29 is 129 Å². The minimum Gasteiger partial charge on any atom is -0.463 e. The van der Waals surface area contributed by atoms with Crippen LogP contribution in [0.5, 0.6) is 0 Å². The van der Waals surface area contributed by atoms with Crippen molar-refractivity contribution in [3.05, 3.63) is 35.9 Å². The minimum atomic E-state index is -1.36. The lowest BCUT2D eigenvalue weighted by Crippen LogP contribution is -2.58. The number of hydrogen-bond acceptors (Lipinski definition) is 27. The van der Waals surface area contributed by atoms with Crippen LogP contribution in [-0.4, -0.2) is 249 Å². The maximum absolute atomic E-state index is 14.1. The van der Waals surface area contributed by atoms with E-state index in [4.69, 9.17) is 61.6 Å². The normalized spacial score (nSPS) is 22.3. The van der Waals surface area contributed by atoms with Crippen LogP contribution in [0.15, 0.2) is 30.3 Å². The third-order valence-electron chi connectivity index (χ3n) is 23.7. The van der Waals surface area contributed by atoms with E-state index in [1.54, 1.807) is 0 Å². The predicted molar refractivity (Wildman–Crippen MR) is 477 cm³/mol. The van der Waals surface area contributed by atoms with Gasteiger partial charge in [0.15, 0.2) is 18.9 Å². The Morgan fingerprint density at radius 1 is 0.318 bits per heavy atom. The number of ketones is 2. The Labute approximate surface area is 764 Å². The lowest BCUT2D eigenvalue weighted by Gasteiger charge is -2.44. The smallest absolute Gasteiger partial charge is 0.306 e. The molecule has 3 saturated heterocycles. The van der Waals surface area contributed by atoms with Gasteiger partial charge in [-0.1, -0.05) is 110 Å². The zero-order valence-electron chi connectivity index (χ0n) is 79.1. The third kappa shape index (κ3) is 50.3. The first-order chi connectivity index (χ1) is 61.8. The number of unbranched alkanes of at least 4 members (excludes halogenated alkanes) is 12. The first-order valence-electron chi connectivity index (χ1n) is 47.1. The van der Waals surface area contributed by atoms with Gasteiger partial charge in [0.25, 0.3) is 0 Å². The summed E-state index contributed by atoms with van der Waals surface area (Å²) in [4.78, 5) is 176. The Morgan fingerprint density at radius 2 is 0.628 bits per heavy atom. The quantitative estimate of drug-likeness (QED) is 0.0171. The fourth-order valence-electron chi connectivity index (χ4n) is 15.4. The van der Waals surface area contributed by atoms with E-state index in [1.807, 2.05) is 71.9 Å². The molecule has 3 aliphatic rings. The molecule has 3 fully saturated rings. The monoisotopic (exact) mass is 1830 g/mol. The summed E-state index contributed by atoms with van der Waals surface area (Å²) in [5, 5.41) is 23.5. The van der Waals surface area contributed by atoms with Gasteiger partial charge in [0, 0.05) is 152 Å². The zero-order chi connectivity index (χ0) is 94.7. The summed E-state index contributed by atoms with van der Waals surface area (Å²) < 4.78 is 76.6. The second-order valence-electron chi connectivity index (χ2n) is 34.8. The molecule has 35 nitrogen and oxygen atoms in total. The topological polar surface area (TPSA) is 455 Å². The Balaban J connectivity index is 1.31. The lowest BCUT2D eigenvalue weighted by atomic mass is 9.82. The molecule has 8 N–H and O–H groups in total. The van der Waals surface area contributed by atoms with E-state index in [0.717, 1.165) is 50.5 Å². The molecule has 4 rings (SSSR count). The molecule has 0 bridgehead atoms. The zero-order valence-corrected chi connectivity index (χ0v) is 79.1. The maximum atomic E-state index is 14.1. The number of ether oxygens (including phenoxy) is 13. The van der Waals surface area contributed by atoms with Crippen LogP contribution in [0.3, 0.4) is 0 Å². The average molecular weight is 1830 g/mol. The number of rotatable bonds is 70. The highest BCUT2D eigenvalue weighted by atomic mass is 16.7. The second kappa shape index (κ2) is 66.2. The molecule has 0 spiro atoms. The Bertz CT molecular complexity index is 3200. The number of Topliss-reactive ketones (excluding diaryl/α,β-unsaturated/α-hetero) is 2. The molecular weight excluding hydrogens is 1670 g/mol. The minimum absolute atomic E-state index is 0.0237. The summed E-state index contributed by atoms with van der Waals surface area (Å²) in [6, 6.07) is 8.27. The molecule has 16 atom stereocenters. The molecule has 0 aliphatic carbocycles. The largest absolute Gasteiger partial charge is 0.463 e. The standard InChI is InChI=1S/C94H156N8O27/c1-64-67(4)88(99-70(7)103)91(127-79(64)58-123-73(10)106)120-51-31-26-39-77(109)37-24-29-48-96-84(113)45-55-118-62-94(102-86(115)42-22-17-15-13-14-16-18-23-43-87(116)126-57-76-35-20-19-21-36-76,61-117-54-44-78(110)38-25-30-47-95-82(111)40-27-32-52-121-92-89(100-71(8)104)68(5)65(2)80(128-92)59-124-74(11)107)63-119-56-46-85(114)98-50-34-49-97-83(112)41-28-33-53-122-93-90(101-72(9)105)69(6)66(3)81(129-93)60-125-75(12)108/h19-21,35-36,64-69,79-81,88-93H,13-18,22-34,37-63H2,1-12H3,(H,95,111)(H,96,113)(H,97,112)(H,98,114)(H,99,103)(H,100,104)(H,101,105)(H,102,115). The summed E-state index contributed by atoms with van der Waals surface area (Å²) in [5.41, 5.74) is -0.428. The van der Waals surface area contributed by atoms with Crippen LogP contribution in [0.25, 0.3) is 0 Å². The van der Waals surface area contributed by atoms with Gasteiger partial charge in [-0.15, -0.1) is 0 Å². The molecule has 35 heteroatoms. The Kier molecular flexibility index (Phi) is 58.1. The summed E-state index contributed by atoms with van der Waals surface area (Å²) in [5.74, 6) is -3.71. The van der Waals surface area contributed by atoms with Gasteiger partial charge in [0.1, 0.15) is 43.5 Å². The van der Waals surface area contributed by atoms with Gasteiger partial charge in [0.05, 0.1) is 76.1 Å². The lowest BCUT2D eigenvalue weighted by molar-refractivity contribution is -0.244. The number of carbonyl (C=O) groups excluding carboxylic acids is 14. The van der Waals surface area contributed by atoms with E-state index < -0.39 is 78.8 Å². The van der Waals surface area contributed by atoms with Crippen LogP contribution in [0.2, 0.25) is 0 Å². The van der Waals surface area contributed by atoms with Gasteiger partial charge >= 0.3 is 23.9 Å². The molecule has 129 heavy (non-hydrogen) atoms. The van der Waals surface area contributed by atoms with Crippen molar-refractivity contribution >= 4 is 82.7 Å². The highest BCUT2D eigenvalue weighted by Gasteiger charge is 2.46. The van der Waals surface area contributed by atoms with Crippen molar-refractivity contribution in [3.8, 4) is 0 Å². The predicted octanol–water partition coefficient (Wildman–Crippen LogP) is 8.79. The highest BCUT2D eigenvalue weighted by molar-refractivity contribution is 5.80. The third-order valence-corrected chi connectivity index (χ3v) is 23.7. The molecule has 1 aromatic rings. The van der Waals surface area contributed by atoms with Gasteiger partial charge in [0.2, 0.25) is 47.3 Å². The van der Waals surface area contributed by atoms with Crippen LogP contribution < -0.4 is 42.5 Å². The van der Waals surface area contributed by atoms with Gasteiger partial charge in [-0.25, -0.2) is 0 Å². The van der Waals surface area contributed by atoms with Crippen molar-refractivity contribution in [3.63, 3.8) is 0 Å². The fourth-order valence-corrected chi connectivity index (χ4v) is 15.4. The molecule has 3 heterocycles. The van der Waals surface area contributed by atoms with Gasteiger partial charge in [-0.2, -0.15) is 0 Å². The summed E-state index contributed by atoms with van der Waals surface area (Å²) in [6.07, 6.45) is 10.7. The van der Waals surface area contributed by atoms with Crippen LogP contribution in [-0.2, 0) is 135 Å². The van der Waals surface area contributed by atoms with Gasteiger partial charge < -0.3 is 104 Å². The molecular formula is C94H156N8O27. The molecule has 1 aromatic carbocycles. The van der Waals surface area contributed by atoms with Crippen molar-refractivity contribution in [2.75, 3.05) is 105 Å². The van der Waals surface area contributed by atoms with Crippen molar-refractivity contribution in [1.29, 1.82) is 0 Å².